The first-order valence-electron chi connectivity index (χ1n) is 7.88. The molecule has 0 aliphatic heterocycles. The third-order valence-corrected chi connectivity index (χ3v) is 6.55. The fraction of sp³-hybridized carbons (Fsp3) is 1.00. The Hall–Kier alpha value is 0. The maximum absolute atomic E-state index is 2.51. The van der Waals surface area contributed by atoms with E-state index in [4.69, 9.17) is 0 Å². The van der Waals surface area contributed by atoms with Crippen molar-refractivity contribution in [3.63, 3.8) is 0 Å². The van der Waals surface area contributed by atoms with E-state index < -0.39 is 0 Å². The van der Waals surface area contributed by atoms with E-state index in [1.165, 1.54) is 12.8 Å². The first-order valence-corrected chi connectivity index (χ1v) is 7.88. The highest BCUT2D eigenvalue weighted by atomic mass is 14.6. The van der Waals surface area contributed by atoms with Crippen molar-refractivity contribution in [3.8, 4) is 0 Å². The van der Waals surface area contributed by atoms with E-state index in [1.54, 1.807) is 38.5 Å². The Kier molecular flexibility index (Phi) is 2.49. The summed E-state index contributed by atoms with van der Waals surface area (Å²) in [4.78, 5) is 0. The van der Waals surface area contributed by atoms with Crippen molar-refractivity contribution >= 4 is 0 Å². The predicted molar refractivity (Wildman–Crippen MR) is 73.9 cm³/mol. The van der Waals surface area contributed by atoms with Crippen LogP contribution in [-0.2, 0) is 0 Å². The van der Waals surface area contributed by atoms with Gasteiger partial charge in [0.2, 0.25) is 0 Å². The van der Waals surface area contributed by atoms with Crippen LogP contribution >= 0.6 is 0 Å². The summed E-state index contributed by atoms with van der Waals surface area (Å²) in [6, 6.07) is 0. The molecule has 4 bridgehead atoms. The quantitative estimate of drug-likeness (QED) is 0.598. The van der Waals surface area contributed by atoms with Gasteiger partial charge in [0.15, 0.2) is 0 Å². The lowest BCUT2D eigenvalue weighted by atomic mass is 9.39. The van der Waals surface area contributed by atoms with Crippen molar-refractivity contribution in [3.05, 3.63) is 0 Å². The Bertz CT molecular complexity index is 292. The van der Waals surface area contributed by atoms with Gasteiger partial charge in [-0.25, -0.2) is 0 Å². The molecule has 4 fully saturated rings. The smallest absolute Gasteiger partial charge is 0.0238 e. The van der Waals surface area contributed by atoms with Crippen LogP contribution < -0.4 is 0 Å². The minimum atomic E-state index is 0.531. The van der Waals surface area contributed by atoms with E-state index in [2.05, 4.69) is 27.7 Å². The molecule has 0 heteroatoms. The van der Waals surface area contributed by atoms with E-state index in [-0.39, 0.29) is 0 Å². The van der Waals surface area contributed by atoms with Crippen LogP contribution in [0.15, 0.2) is 0 Å². The summed E-state index contributed by atoms with van der Waals surface area (Å²) in [6.45, 7) is 9.93. The summed E-state index contributed by atoms with van der Waals surface area (Å²) in [5.74, 6) is 2.17. The molecular formula is C17H30. The molecule has 0 aromatic heterocycles. The van der Waals surface area contributed by atoms with Gasteiger partial charge < -0.3 is 0 Å². The average Bonchev–Trinajstić information content (AvgIpc) is 2.12. The first-order chi connectivity index (χ1) is 7.88. The molecule has 2 unspecified atom stereocenters. The van der Waals surface area contributed by atoms with Gasteiger partial charge in [0.05, 0.1) is 0 Å². The molecule has 0 aromatic rings. The molecule has 0 nitrogen and oxygen atoms in total. The van der Waals surface area contributed by atoms with Crippen LogP contribution in [0, 0.1) is 28.1 Å². The van der Waals surface area contributed by atoms with E-state index in [9.17, 15) is 0 Å². The van der Waals surface area contributed by atoms with Crippen LogP contribution in [0.1, 0.15) is 79.1 Å². The minimum Gasteiger partial charge on any atom is -0.0654 e. The normalized spacial score (nSPS) is 48.7. The Morgan fingerprint density at radius 2 is 1.59 bits per heavy atom. The van der Waals surface area contributed by atoms with Crippen molar-refractivity contribution in [2.24, 2.45) is 28.1 Å². The molecule has 0 aromatic carbocycles. The highest BCUT2D eigenvalue weighted by Gasteiger charge is 2.60. The van der Waals surface area contributed by atoms with Crippen molar-refractivity contribution in [2.45, 2.75) is 79.1 Å². The minimum absolute atomic E-state index is 0.531. The van der Waals surface area contributed by atoms with E-state index in [0.29, 0.717) is 10.8 Å². The maximum atomic E-state index is 2.51. The molecule has 4 rings (SSSR count). The fourth-order valence-corrected chi connectivity index (χ4v) is 6.15. The fourth-order valence-electron chi connectivity index (χ4n) is 6.15. The molecule has 0 heterocycles. The Balaban J connectivity index is 1.94. The molecular weight excluding hydrogens is 204 g/mol. The van der Waals surface area contributed by atoms with E-state index >= 15 is 0 Å². The van der Waals surface area contributed by atoms with Gasteiger partial charge in [-0.05, 0) is 73.0 Å². The summed E-state index contributed by atoms with van der Waals surface area (Å²) in [5, 5.41) is 0. The summed E-state index contributed by atoms with van der Waals surface area (Å²) < 4.78 is 0. The summed E-state index contributed by atoms with van der Waals surface area (Å²) >= 11 is 0. The first kappa shape index (κ1) is 12.1. The monoisotopic (exact) mass is 234 g/mol. The molecule has 2 atom stereocenters. The number of rotatable bonds is 2. The number of hydrogen-bond acceptors (Lipinski definition) is 0. The second-order valence-electron chi connectivity index (χ2n) is 8.74. The van der Waals surface area contributed by atoms with Gasteiger partial charge in [0.1, 0.15) is 0 Å². The number of hydrogen-bond donors (Lipinski definition) is 0. The van der Waals surface area contributed by atoms with E-state index in [0.717, 1.165) is 17.3 Å². The van der Waals surface area contributed by atoms with Gasteiger partial charge in [0, 0.05) is 0 Å². The highest BCUT2D eigenvalue weighted by molar-refractivity contribution is 5.10. The molecule has 0 saturated heterocycles. The van der Waals surface area contributed by atoms with Crippen LogP contribution in [0.2, 0.25) is 0 Å². The predicted octanol–water partition coefficient (Wildman–Crippen LogP) is 5.42. The molecule has 4 saturated carbocycles. The molecule has 0 spiro atoms. The van der Waals surface area contributed by atoms with Gasteiger partial charge in [-0.1, -0.05) is 34.1 Å². The zero-order chi connectivity index (χ0) is 12.3. The zero-order valence-corrected chi connectivity index (χ0v) is 12.3. The molecule has 17 heavy (non-hydrogen) atoms. The third-order valence-electron chi connectivity index (χ3n) is 6.55. The van der Waals surface area contributed by atoms with Gasteiger partial charge >= 0.3 is 0 Å². The Labute approximate surface area is 108 Å². The molecule has 4 aliphatic rings. The molecule has 0 N–H and O–H groups in total. The van der Waals surface area contributed by atoms with Gasteiger partial charge in [-0.2, -0.15) is 0 Å². The van der Waals surface area contributed by atoms with E-state index in [1.807, 2.05) is 0 Å². The van der Waals surface area contributed by atoms with Crippen LogP contribution in [-0.4, -0.2) is 0 Å². The van der Waals surface area contributed by atoms with Crippen LogP contribution in [0.3, 0.4) is 0 Å². The lowest BCUT2D eigenvalue weighted by Crippen LogP contribution is -2.56. The topological polar surface area (TPSA) is 0 Å². The highest BCUT2D eigenvalue weighted by Crippen LogP contribution is 2.70. The molecule has 0 radical (unpaired) electrons. The van der Waals surface area contributed by atoms with Gasteiger partial charge in [-0.15, -0.1) is 0 Å². The van der Waals surface area contributed by atoms with Gasteiger partial charge in [0.25, 0.3) is 0 Å². The zero-order valence-electron chi connectivity index (χ0n) is 12.3. The molecule has 98 valence electrons. The van der Waals surface area contributed by atoms with Crippen LogP contribution in [0.25, 0.3) is 0 Å². The van der Waals surface area contributed by atoms with Crippen molar-refractivity contribution in [1.82, 2.24) is 0 Å². The summed E-state index contributed by atoms with van der Waals surface area (Å²) in [6.07, 6.45) is 12.3. The van der Waals surface area contributed by atoms with Crippen molar-refractivity contribution < 1.29 is 0 Å². The van der Waals surface area contributed by atoms with Gasteiger partial charge in [-0.3, -0.25) is 0 Å². The van der Waals surface area contributed by atoms with Crippen molar-refractivity contribution in [1.29, 1.82) is 0 Å². The average molecular weight is 234 g/mol. The molecule has 0 amide bonds. The largest absolute Gasteiger partial charge is 0.0654 e. The Morgan fingerprint density at radius 3 is 2.06 bits per heavy atom. The maximum Gasteiger partial charge on any atom is -0.0238 e. The molecule has 4 aliphatic carbocycles. The second-order valence-corrected chi connectivity index (χ2v) is 8.74. The van der Waals surface area contributed by atoms with Crippen LogP contribution in [0.4, 0.5) is 0 Å². The Morgan fingerprint density at radius 1 is 1.00 bits per heavy atom. The SMILES string of the molecule is CCCC12CC3CC(C1)CC(C(C)(C)C)(C3)C2. The standard InChI is InChI=1S/C17H30/c1-5-6-16-8-13-7-14(9-16)11-17(10-13,12-16)15(2,3)4/h13-14H,5-12H2,1-4H3. The summed E-state index contributed by atoms with van der Waals surface area (Å²) in [7, 11) is 0. The van der Waals surface area contributed by atoms with Crippen LogP contribution in [0.5, 0.6) is 0 Å². The lowest BCUT2D eigenvalue weighted by Gasteiger charge is -2.66. The second kappa shape index (κ2) is 3.52. The third kappa shape index (κ3) is 1.70. The summed E-state index contributed by atoms with van der Waals surface area (Å²) in [5.41, 5.74) is 2.00. The lowest BCUT2D eigenvalue weighted by molar-refractivity contribution is -0.159. The van der Waals surface area contributed by atoms with Crippen molar-refractivity contribution in [2.75, 3.05) is 0 Å².